The van der Waals surface area contributed by atoms with E-state index < -0.39 is 0 Å². The zero-order valence-corrected chi connectivity index (χ0v) is 10.8. The van der Waals surface area contributed by atoms with Crippen molar-refractivity contribution in [1.29, 1.82) is 0 Å². The van der Waals surface area contributed by atoms with E-state index in [1.807, 2.05) is 13.0 Å². The van der Waals surface area contributed by atoms with Crippen molar-refractivity contribution in [2.24, 2.45) is 0 Å². The summed E-state index contributed by atoms with van der Waals surface area (Å²) in [6.07, 6.45) is 0.822. The van der Waals surface area contributed by atoms with E-state index in [0.717, 1.165) is 17.9 Å². The molecular formula is C12H16ClN3. The highest BCUT2D eigenvalue weighted by atomic mass is 35.5. The highest BCUT2D eigenvalue weighted by Crippen LogP contribution is 2.26. The predicted octanol–water partition coefficient (Wildman–Crippen LogP) is 3.24. The fraction of sp³-hybridized carbons (Fsp3) is 0.500. The first-order valence-corrected chi connectivity index (χ1v) is 5.85. The Labute approximate surface area is 100 Å². The number of hydrogen-bond acceptors (Lipinski definition) is 2. The summed E-state index contributed by atoms with van der Waals surface area (Å²) >= 11 is 6.20. The molecule has 0 fully saturated rings. The summed E-state index contributed by atoms with van der Waals surface area (Å²) in [6, 6.07) is 4.01. The molecule has 0 aliphatic heterocycles. The highest BCUT2D eigenvalue weighted by molar-refractivity contribution is 6.29. The van der Waals surface area contributed by atoms with Crippen LogP contribution in [0.5, 0.6) is 0 Å². The molecule has 0 saturated carbocycles. The molecule has 0 spiro atoms. The Morgan fingerprint density at radius 3 is 2.56 bits per heavy atom. The van der Waals surface area contributed by atoms with E-state index in [4.69, 9.17) is 11.6 Å². The lowest BCUT2D eigenvalue weighted by atomic mass is 9.88. The van der Waals surface area contributed by atoms with Crippen molar-refractivity contribution in [3.05, 3.63) is 28.7 Å². The Morgan fingerprint density at radius 1 is 1.31 bits per heavy atom. The van der Waals surface area contributed by atoms with Crippen molar-refractivity contribution in [2.75, 3.05) is 0 Å². The molecular weight excluding hydrogens is 222 g/mol. The van der Waals surface area contributed by atoms with Crippen LogP contribution in [0.3, 0.4) is 0 Å². The summed E-state index contributed by atoms with van der Waals surface area (Å²) in [6.45, 7) is 8.51. The average molecular weight is 238 g/mol. The third kappa shape index (κ3) is 1.92. The lowest BCUT2D eigenvalue weighted by molar-refractivity contribution is 0.589. The molecule has 0 amide bonds. The zero-order valence-electron chi connectivity index (χ0n) is 10.1. The molecule has 2 aromatic rings. The average Bonchev–Trinajstić information content (AvgIpc) is 2.59. The van der Waals surface area contributed by atoms with Crippen molar-refractivity contribution in [2.45, 2.75) is 39.5 Å². The van der Waals surface area contributed by atoms with E-state index in [9.17, 15) is 0 Å². The topological polar surface area (TPSA) is 30.2 Å². The van der Waals surface area contributed by atoms with Crippen LogP contribution < -0.4 is 0 Å². The number of halogens is 1. The second-order valence-corrected chi connectivity index (χ2v) is 5.36. The van der Waals surface area contributed by atoms with Gasteiger partial charge in [0.15, 0.2) is 11.5 Å². The second-order valence-electron chi connectivity index (χ2n) is 4.97. The van der Waals surface area contributed by atoms with E-state index in [0.29, 0.717) is 5.15 Å². The molecule has 86 valence electrons. The molecule has 0 unspecified atom stereocenters. The van der Waals surface area contributed by atoms with Gasteiger partial charge in [-0.05, 0) is 23.1 Å². The number of rotatable bonds is 1. The maximum Gasteiger partial charge on any atom is 0.157 e. The number of fused-ring (bicyclic) bond motifs is 1. The maximum atomic E-state index is 6.20. The van der Waals surface area contributed by atoms with Crippen LogP contribution in [0.15, 0.2) is 12.1 Å². The summed E-state index contributed by atoms with van der Waals surface area (Å²) in [4.78, 5) is 4.43. The van der Waals surface area contributed by atoms with Gasteiger partial charge in [0, 0.05) is 6.42 Å². The first-order valence-electron chi connectivity index (χ1n) is 5.47. The van der Waals surface area contributed by atoms with Gasteiger partial charge in [0.2, 0.25) is 0 Å². The SMILES string of the molecule is CCc1nc2cc(C(C)(C)C)cc(Cl)n2n1. The number of pyridine rings is 1. The molecule has 16 heavy (non-hydrogen) atoms. The minimum absolute atomic E-state index is 0.0731. The third-order valence-corrected chi connectivity index (χ3v) is 2.89. The lowest BCUT2D eigenvalue weighted by Gasteiger charge is -2.19. The summed E-state index contributed by atoms with van der Waals surface area (Å²) < 4.78 is 1.69. The van der Waals surface area contributed by atoms with Crippen LogP contribution in [0, 0.1) is 0 Å². The first-order chi connectivity index (χ1) is 7.41. The summed E-state index contributed by atoms with van der Waals surface area (Å²) in [5.74, 6) is 0.827. The Hall–Kier alpha value is -1.09. The largest absolute Gasteiger partial charge is 0.212 e. The van der Waals surface area contributed by atoms with E-state index in [-0.39, 0.29) is 5.41 Å². The molecule has 0 aliphatic carbocycles. The number of hydrogen-bond donors (Lipinski definition) is 0. The van der Waals surface area contributed by atoms with Crippen LogP contribution in [-0.4, -0.2) is 14.6 Å². The van der Waals surface area contributed by atoms with Gasteiger partial charge in [0.1, 0.15) is 5.15 Å². The van der Waals surface area contributed by atoms with Crippen LogP contribution in [0.25, 0.3) is 5.65 Å². The molecule has 0 saturated heterocycles. The standard InChI is InChI=1S/C12H16ClN3/c1-5-10-14-11-7-8(12(2,3)4)6-9(13)16(11)15-10/h6-7H,5H2,1-4H3. The Bertz CT molecular complexity index is 523. The predicted molar refractivity (Wildman–Crippen MR) is 66.1 cm³/mol. The number of nitrogens with zero attached hydrogens (tertiary/aromatic N) is 3. The molecule has 2 aromatic heterocycles. The summed E-state index contributed by atoms with van der Waals surface area (Å²) in [5, 5.41) is 4.95. The van der Waals surface area contributed by atoms with Crippen molar-refractivity contribution in [3.8, 4) is 0 Å². The number of aryl methyl sites for hydroxylation is 1. The van der Waals surface area contributed by atoms with Crippen LogP contribution in [-0.2, 0) is 11.8 Å². The molecule has 2 rings (SSSR count). The van der Waals surface area contributed by atoms with Crippen LogP contribution in [0.1, 0.15) is 39.1 Å². The molecule has 4 heteroatoms. The summed E-state index contributed by atoms with van der Waals surface area (Å²) in [5.41, 5.74) is 2.08. The van der Waals surface area contributed by atoms with Crippen molar-refractivity contribution in [1.82, 2.24) is 14.6 Å². The molecule has 0 bridgehead atoms. The minimum atomic E-state index is 0.0731. The normalized spacial score (nSPS) is 12.3. The van der Waals surface area contributed by atoms with Crippen molar-refractivity contribution < 1.29 is 0 Å². The Balaban J connectivity index is 2.67. The van der Waals surface area contributed by atoms with Crippen LogP contribution >= 0.6 is 11.6 Å². The van der Waals surface area contributed by atoms with Gasteiger partial charge in [-0.15, -0.1) is 5.10 Å². The van der Waals surface area contributed by atoms with Gasteiger partial charge in [-0.25, -0.2) is 9.50 Å². The lowest BCUT2D eigenvalue weighted by Crippen LogP contribution is -2.11. The van der Waals surface area contributed by atoms with E-state index in [1.165, 1.54) is 5.56 Å². The zero-order chi connectivity index (χ0) is 11.9. The van der Waals surface area contributed by atoms with E-state index >= 15 is 0 Å². The van der Waals surface area contributed by atoms with E-state index in [2.05, 4.69) is 36.9 Å². The Morgan fingerprint density at radius 2 is 2.00 bits per heavy atom. The Kier molecular flexibility index (Phi) is 2.66. The van der Waals surface area contributed by atoms with Crippen LogP contribution in [0.4, 0.5) is 0 Å². The monoisotopic (exact) mass is 237 g/mol. The molecule has 3 nitrogen and oxygen atoms in total. The fourth-order valence-electron chi connectivity index (χ4n) is 1.57. The molecule has 0 aliphatic rings. The van der Waals surface area contributed by atoms with Gasteiger partial charge in [0.25, 0.3) is 0 Å². The van der Waals surface area contributed by atoms with Crippen molar-refractivity contribution >= 4 is 17.2 Å². The molecule has 0 aromatic carbocycles. The van der Waals surface area contributed by atoms with Gasteiger partial charge in [-0.2, -0.15) is 0 Å². The van der Waals surface area contributed by atoms with Gasteiger partial charge < -0.3 is 0 Å². The van der Waals surface area contributed by atoms with Gasteiger partial charge in [-0.3, -0.25) is 0 Å². The highest BCUT2D eigenvalue weighted by Gasteiger charge is 2.17. The van der Waals surface area contributed by atoms with Crippen LogP contribution in [0.2, 0.25) is 5.15 Å². The minimum Gasteiger partial charge on any atom is -0.212 e. The molecule has 0 atom stereocenters. The van der Waals surface area contributed by atoms with Gasteiger partial charge in [-0.1, -0.05) is 39.3 Å². The fourth-order valence-corrected chi connectivity index (χ4v) is 1.81. The molecule has 2 heterocycles. The quantitative estimate of drug-likeness (QED) is 0.713. The third-order valence-electron chi connectivity index (χ3n) is 2.62. The molecule has 0 radical (unpaired) electrons. The summed E-state index contributed by atoms with van der Waals surface area (Å²) in [7, 11) is 0. The van der Waals surface area contributed by atoms with E-state index in [1.54, 1.807) is 4.52 Å². The van der Waals surface area contributed by atoms with Gasteiger partial charge in [0.05, 0.1) is 0 Å². The van der Waals surface area contributed by atoms with Gasteiger partial charge >= 0.3 is 0 Å². The smallest absolute Gasteiger partial charge is 0.157 e. The molecule has 0 N–H and O–H groups in total. The number of aromatic nitrogens is 3. The maximum absolute atomic E-state index is 6.20. The first kappa shape index (κ1) is 11.4. The van der Waals surface area contributed by atoms with Crippen molar-refractivity contribution in [3.63, 3.8) is 0 Å². The second kappa shape index (κ2) is 3.74.